The van der Waals surface area contributed by atoms with Crippen LogP contribution in [0.5, 0.6) is 0 Å². The second-order valence-electron chi connectivity index (χ2n) is 7.70. The monoisotopic (exact) mass is 525 g/mol. The van der Waals surface area contributed by atoms with E-state index in [-0.39, 0.29) is 19.5 Å². The molecule has 1 aliphatic rings. The van der Waals surface area contributed by atoms with Crippen LogP contribution in [0, 0.1) is 5.92 Å². The molecule has 11 heteroatoms. The summed E-state index contributed by atoms with van der Waals surface area (Å²) in [6.07, 6.45) is 2.75. The van der Waals surface area contributed by atoms with Crippen molar-refractivity contribution < 1.29 is 18.3 Å². The molecule has 2 aromatic heterocycles. The summed E-state index contributed by atoms with van der Waals surface area (Å²) in [5.74, 6) is -3.39. The summed E-state index contributed by atoms with van der Waals surface area (Å²) in [6.45, 7) is 4.79. The lowest BCUT2D eigenvalue weighted by Gasteiger charge is -2.38. The molecule has 3 rings (SSSR count). The molecule has 0 bridgehead atoms. The first kappa shape index (κ1) is 21.3. The number of anilines is 1. The fourth-order valence-corrected chi connectivity index (χ4v) is 4.34. The van der Waals surface area contributed by atoms with Gasteiger partial charge in [0.25, 0.3) is 5.92 Å². The van der Waals surface area contributed by atoms with Gasteiger partial charge < -0.3 is 15.0 Å². The number of carbonyl (C=O) groups excluding carboxylic acids is 1. The lowest BCUT2D eigenvalue weighted by atomic mass is 9.93. The van der Waals surface area contributed by atoms with Gasteiger partial charge in [0.05, 0.1) is 11.9 Å². The summed E-state index contributed by atoms with van der Waals surface area (Å²) in [5.41, 5.74) is 0.0129. The number of likely N-dealkylation sites (tertiary alicyclic amines) is 1. The molecule has 28 heavy (non-hydrogen) atoms. The van der Waals surface area contributed by atoms with Crippen LogP contribution in [0.2, 0.25) is 0 Å². The van der Waals surface area contributed by atoms with Crippen molar-refractivity contribution in [2.45, 2.75) is 38.7 Å². The molecule has 1 unspecified atom stereocenters. The zero-order valence-corrected chi connectivity index (χ0v) is 18.8. The Labute approximate surface area is 178 Å². The Morgan fingerprint density at radius 2 is 2.21 bits per heavy atom. The zero-order valence-electron chi connectivity index (χ0n) is 15.8. The Bertz CT molecular complexity index is 858. The Balaban J connectivity index is 1.65. The SMILES string of the molecule is CC(C)(C)OC(=O)N1CCC(CNc2ncnc3c2ccn3SI)C(F)(F)C1. The molecule has 1 fully saturated rings. The van der Waals surface area contributed by atoms with Crippen LogP contribution >= 0.6 is 30.3 Å². The van der Waals surface area contributed by atoms with Gasteiger partial charge in [-0.25, -0.2) is 23.5 Å². The topological polar surface area (TPSA) is 72.3 Å². The number of rotatable bonds is 4. The normalized spacial score (nSPS) is 19.6. The van der Waals surface area contributed by atoms with Crippen LogP contribution in [-0.4, -0.2) is 56.1 Å². The quantitative estimate of drug-likeness (QED) is 0.590. The third kappa shape index (κ3) is 4.78. The Morgan fingerprint density at radius 3 is 2.86 bits per heavy atom. The number of halogens is 3. The van der Waals surface area contributed by atoms with Gasteiger partial charge in [-0.1, -0.05) is 0 Å². The van der Waals surface area contributed by atoms with Crippen molar-refractivity contribution >= 4 is 53.3 Å². The van der Waals surface area contributed by atoms with Crippen LogP contribution in [0.1, 0.15) is 27.2 Å². The molecule has 0 aliphatic carbocycles. The first-order chi connectivity index (χ1) is 13.1. The largest absolute Gasteiger partial charge is 0.444 e. The van der Waals surface area contributed by atoms with Crippen LogP contribution in [0.25, 0.3) is 11.0 Å². The Morgan fingerprint density at radius 1 is 1.46 bits per heavy atom. The highest BCUT2D eigenvalue weighted by atomic mass is 127. The number of hydrogen-bond donors (Lipinski definition) is 1. The predicted octanol–water partition coefficient (Wildman–Crippen LogP) is 4.58. The van der Waals surface area contributed by atoms with Gasteiger partial charge in [-0.2, -0.15) is 0 Å². The maximum absolute atomic E-state index is 14.7. The fraction of sp³-hybridized carbons (Fsp3) is 0.588. The molecule has 0 spiro atoms. The first-order valence-electron chi connectivity index (χ1n) is 8.81. The lowest BCUT2D eigenvalue weighted by Crippen LogP contribution is -2.53. The van der Waals surface area contributed by atoms with E-state index in [9.17, 15) is 13.6 Å². The Hall–Kier alpha value is -1.37. The summed E-state index contributed by atoms with van der Waals surface area (Å²) in [7, 11) is 1.47. The van der Waals surface area contributed by atoms with E-state index in [1.807, 2.05) is 16.2 Å². The number of aromatic nitrogens is 3. The van der Waals surface area contributed by atoms with Crippen molar-refractivity contribution in [1.82, 2.24) is 18.8 Å². The third-order valence-electron chi connectivity index (χ3n) is 4.44. The minimum absolute atomic E-state index is 0.0594. The molecule has 154 valence electrons. The van der Waals surface area contributed by atoms with E-state index in [4.69, 9.17) is 4.74 Å². The van der Waals surface area contributed by atoms with E-state index in [1.165, 1.54) is 15.4 Å². The molecular weight excluding hydrogens is 503 g/mol. The molecule has 2 aromatic rings. The van der Waals surface area contributed by atoms with Crippen molar-refractivity contribution in [1.29, 1.82) is 0 Å². The number of nitrogens with zero attached hydrogens (tertiary/aromatic N) is 4. The van der Waals surface area contributed by atoms with Gasteiger partial charge in [0.2, 0.25) is 0 Å². The van der Waals surface area contributed by atoms with Gasteiger partial charge in [0.15, 0.2) is 5.65 Å². The number of fused-ring (bicyclic) bond motifs is 1. The van der Waals surface area contributed by atoms with Crippen molar-refractivity contribution in [3.05, 3.63) is 18.6 Å². The minimum Gasteiger partial charge on any atom is -0.444 e. The van der Waals surface area contributed by atoms with Crippen LogP contribution in [0.3, 0.4) is 0 Å². The van der Waals surface area contributed by atoms with Gasteiger partial charge >= 0.3 is 6.09 Å². The number of ether oxygens (including phenoxy) is 1. The maximum atomic E-state index is 14.7. The average molecular weight is 525 g/mol. The van der Waals surface area contributed by atoms with Crippen molar-refractivity contribution in [2.75, 3.05) is 25.0 Å². The third-order valence-corrected chi connectivity index (χ3v) is 6.15. The van der Waals surface area contributed by atoms with Crippen LogP contribution in [0.4, 0.5) is 19.4 Å². The summed E-state index contributed by atoms with van der Waals surface area (Å²) >= 11 is 2.14. The van der Waals surface area contributed by atoms with E-state index in [0.717, 1.165) is 15.9 Å². The number of nitrogens with one attached hydrogen (secondary N) is 1. The maximum Gasteiger partial charge on any atom is 0.410 e. The molecule has 1 atom stereocenters. The van der Waals surface area contributed by atoms with Gasteiger partial charge in [0.1, 0.15) is 17.7 Å². The summed E-state index contributed by atoms with van der Waals surface area (Å²) in [6, 6.07) is 1.85. The summed E-state index contributed by atoms with van der Waals surface area (Å²) in [4.78, 5) is 21.6. The molecule has 0 radical (unpaired) electrons. The van der Waals surface area contributed by atoms with Crippen molar-refractivity contribution in [3.8, 4) is 0 Å². The highest BCUT2D eigenvalue weighted by Crippen LogP contribution is 2.34. The van der Waals surface area contributed by atoms with Gasteiger partial charge in [0, 0.05) is 55.5 Å². The summed E-state index contributed by atoms with van der Waals surface area (Å²) < 4.78 is 36.4. The molecule has 1 N–H and O–H groups in total. The summed E-state index contributed by atoms with van der Waals surface area (Å²) in [5, 5.41) is 3.82. The number of amides is 1. The van der Waals surface area contributed by atoms with Gasteiger partial charge in [-0.3, -0.25) is 3.97 Å². The van der Waals surface area contributed by atoms with Crippen molar-refractivity contribution in [2.24, 2.45) is 5.92 Å². The van der Waals surface area contributed by atoms with E-state index < -0.39 is 30.1 Å². The van der Waals surface area contributed by atoms with Crippen molar-refractivity contribution in [3.63, 3.8) is 0 Å². The molecule has 1 amide bonds. The van der Waals surface area contributed by atoms with Gasteiger partial charge in [-0.15, -0.1) is 0 Å². The highest BCUT2D eigenvalue weighted by molar-refractivity contribution is 14.2. The Kier molecular flexibility index (Phi) is 6.23. The fourth-order valence-electron chi connectivity index (χ4n) is 3.06. The molecule has 3 heterocycles. The number of alkyl halides is 2. The van der Waals surface area contributed by atoms with E-state index >= 15 is 0 Å². The standard InChI is InChI=1S/C17H22F2IN5O2S/c1-16(2,3)27-15(26)24-6-4-11(17(18,19)9-24)8-21-13-12-5-7-25(28-20)14(12)23-10-22-13/h5,7,10-11H,4,6,8-9H2,1-3H3,(H,21,22,23). The minimum atomic E-state index is -3.02. The lowest BCUT2D eigenvalue weighted by molar-refractivity contribution is -0.106. The van der Waals surface area contributed by atoms with E-state index in [0.29, 0.717) is 5.82 Å². The van der Waals surface area contributed by atoms with Gasteiger partial charge in [-0.05, 0) is 33.3 Å². The average Bonchev–Trinajstić information content (AvgIpc) is 3.02. The molecule has 1 aliphatic heterocycles. The van der Waals surface area contributed by atoms with Crippen LogP contribution in [0.15, 0.2) is 18.6 Å². The number of piperidine rings is 1. The molecule has 0 saturated carbocycles. The van der Waals surface area contributed by atoms with E-state index in [1.54, 1.807) is 20.8 Å². The second kappa shape index (κ2) is 8.17. The predicted molar refractivity (Wildman–Crippen MR) is 114 cm³/mol. The zero-order chi connectivity index (χ0) is 20.5. The van der Waals surface area contributed by atoms with Crippen LogP contribution < -0.4 is 5.32 Å². The highest BCUT2D eigenvalue weighted by Gasteiger charge is 2.46. The smallest absolute Gasteiger partial charge is 0.410 e. The second-order valence-corrected chi connectivity index (χ2v) is 9.41. The first-order valence-corrected chi connectivity index (χ1v) is 12.1. The van der Waals surface area contributed by atoms with Crippen LogP contribution in [-0.2, 0) is 4.74 Å². The molecular formula is C17H22F2IN5O2S. The molecule has 7 nitrogen and oxygen atoms in total. The number of hydrogen-bond acceptors (Lipinski definition) is 6. The number of carbonyl (C=O) groups is 1. The van der Waals surface area contributed by atoms with E-state index in [2.05, 4.69) is 36.5 Å². The molecule has 0 aromatic carbocycles. The molecule has 1 saturated heterocycles.